The molecule has 0 aromatic heterocycles. The fourth-order valence-corrected chi connectivity index (χ4v) is 5.88. The number of hydrogen-bond donors (Lipinski definition) is 0. The van der Waals surface area contributed by atoms with Gasteiger partial charge in [0.1, 0.15) is 11.9 Å². The van der Waals surface area contributed by atoms with Gasteiger partial charge in [0.05, 0.1) is 6.61 Å². The summed E-state index contributed by atoms with van der Waals surface area (Å²) >= 11 is 0. The summed E-state index contributed by atoms with van der Waals surface area (Å²) in [5.41, 5.74) is 0. The molecule has 0 N–H and O–H groups in total. The number of rotatable bonds is 27. The molecule has 0 aliphatic carbocycles. The molecule has 1 heterocycles. The van der Waals surface area contributed by atoms with Crippen molar-refractivity contribution in [3.63, 3.8) is 0 Å². The van der Waals surface area contributed by atoms with E-state index >= 15 is 0 Å². The molecule has 0 aromatic carbocycles. The maximum absolute atomic E-state index is 12.4. The average molecular weight is 552 g/mol. The van der Waals surface area contributed by atoms with E-state index < -0.39 is 0 Å². The molecule has 1 unspecified atom stereocenters. The van der Waals surface area contributed by atoms with Gasteiger partial charge in [-0.3, -0.25) is 9.69 Å². The Morgan fingerprint density at radius 3 is 2.03 bits per heavy atom. The van der Waals surface area contributed by atoms with Crippen LogP contribution in [-0.2, 0) is 19.1 Å². The Morgan fingerprint density at radius 1 is 0.769 bits per heavy atom. The van der Waals surface area contributed by atoms with Gasteiger partial charge in [-0.2, -0.15) is 0 Å². The molecule has 0 bridgehead atoms. The first-order valence-electron chi connectivity index (χ1n) is 17.0. The van der Waals surface area contributed by atoms with Gasteiger partial charge in [0.25, 0.3) is 0 Å². The predicted octanol–water partition coefficient (Wildman–Crippen LogP) is 9.06. The molecule has 5 heteroatoms. The smallest absolute Gasteiger partial charge is 0.306 e. The minimum atomic E-state index is 0.0171. The Kier molecular flexibility index (Phi) is 23.0. The molecule has 0 aromatic rings. The Balaban J connectivity index is 2.08. The van der Waals surface area contributed by atoms with Crippen LogP contribution in [0.5, 0.6) is 0 Å². The van der Waals surface area contributed by atoms with Crippen LogP contribution in [0.15, 0.2) is 0 Å². The summed E-state index contributed by atoms with van der Waals surface area (Å²) in [6.45, 7) is 12.5. The summed E-state index contributed by atoms with van der Waals surface area (Å²) < 4.78 is 12.0. The zero-order valence-corrected chi connectivity index (χ0v) is 26.5. The second-order valence-corrected chi connectivity index (χ2v) is 12.4. The number of esters is 1. The second-order valence-electron chi connectivity index (χ2n) is 12.4. The van der Waals surface area contributed by atoms with Crippen molar-refractivity contribution in [3.05, 3.63) is 0 Å². The number of likely N-dealkylation sites (tertiary alicyclic amines) is 1. The summed E-state index contributed by atoms with van der Waals surface area (Å²) in [5.74, 6) is 1.08. The number of nitrogens with zero attached hydrogens (tertiary/aromatic N) is 1. The third kappa shape index (κ3) is 20.6. The number of carbonyl (C=O) groups excluding carboxylic acids is 2. The molecule has 39 heavy (non-hydrogen) atoms. The molecule has 0 spiro atoms. The number of ketones is 1. The number of hydrogen-bond acceptors (Lipinski definition) is 5. The second kappa shape index (κ2) is 24.8. The van der Waals surface area contributed by atoms with Gasteiger partial charge in [-0.15, -0.1) is 0 Å². The minimum Gasteiger partial charge on any atom is -0.462 e. The zero-order chi connectivity index (χ0) is 28.6. The van der Waals surface area contributed by atoms with Gasteiger partial charge < -0.3 is 14.3 Å². The first-order chi connectivity index (χ1) is 19.0. The fourth-order valence-electron chi connectivity index (χ4n) is 5.88. The maximum atomic E-state index is 12.4. The van der Waals surface area contributed by atoms with Crippen molar-refractivity contribution in [2.24, 2.45) is 5.92 Å². The van der Waals surface area contributed by atoms with Crippen molar-refractivity contribution in [2.45, 2.75) is 175 Å². The van der Waals surface area contributed by atoms with Crippen molar-refractivity contribution in [3.8, 4) is 0 Å². The quantitative estimate of drug-likeness (QED) is 0.0753. The van der Waals surface area contributed by atoms with Crippen LogP contribution >= 0.6 is 0 Å². The standard InChI is InChI=1S/C34H65NO4/c1-5-7-9-16-22-33(23-17-10-8-6-2)39-34(37)24-18-12-11-13-20-26-38-29-32-27-30(3)28-35(32)25-19-14-15-21-31(4)36/h30,32-33H,5-29H2,1-4H3/t30?,32-/m0/s1. The lowest BCUT2D eigenvalue weighted by Gasteiger charge is -2.24. The van der Waals surface area contributed by atoms with Crippen molar-refractivity contribution >= 4 is 11.8 Å². The number of unbranched alkanes of at least 4 members (excludes halogenated alkanes) is 12. The monoisotopic (exact) mass is 551 g/mol. The third-order valence-electron chi connectivity index (χ3n) is 8.25. The lowest BCUT2D eigenvalue weighted by atomic mass is 10.0. The predicted molar refractivity (Wildman–Crippen MR) is 164 cm³/mol. The largest absolute Gasteiger partial charge is 0.462 e. The lowest BCUT2D eigenvalue weighted by Crippen LogP contribution is -2.34. The minimum absolute atomic E-state index is 0.0171. The topological polar surface area (TPSA) is 55.8 Å². The maximum Gasteiger partial charge on any atom is 0.306 e. The van der Waals surface area contributed by atoms with Crippen molar-refractivity contribution in [1.82, 2.24) is 4.90 Å². The summed E-state index contributed by atoms with van der Waals surface area (Å²) in [7, 11) is 0. The van der Waals surface area contributed by atoms with Crippen LogP contribution in [0.2, 0.25) is 0 Å². The van der Waals surface area contributed by atoms with E-state index in [1.807, 2.05) is 0 Å². The van der Waals surface area contributed by atoms with Crippen LogP contribution < -0.4 is 0 Å². The first-order valence-corrected chi connectivity index (χ1v) is 17.0. The van der Waals surface area contributed by atoms with Crippen LogP contribution in [-0.4, -0.2) is 55.1 Å². The first kappa shape index (κ1) is 36.1. The van der Waals surface area contributed by atoms with Gasteiger partial charge in [0, 0.05) is 32.0 Å². The number of Topliss-reactive ketones (excluding diaryl/α,β-unsaturated/α-hetero) is 1. The van der Waals surface area contributed by atoms with Gasteiger partial charge in [0.15, 0.2) is 0 Å². The van der Waals surface area contributed by atoms with Crippen LogP contribution in [0.3, 0.4) is 0 Å². The van der Waals surface area contributed by atoms with Crippen molar-refractivity contribution in [1.29, 1.82) is 0 Å². The van der Waals surface area contributed by atoms with E-state index in [1.165, 1.54) is 83.6 Å². The van der Waals surface area contributed by atoms with Gasteiger partial charge >= 0.3 is 5.97 Å². The molecule has 5 nitrogen and oxygen atoms in total. The van der Waals surface area contributed by atoms with Crippen LogP contribution in [0.25, 0.3) is 0 Å². The highest BCUT2D eigenvalue weighted by atomic mass is 16.5. The van der Waals surface area contributed by atoms with E-state index in [0.717, 1.165) is 77.0 Å². The van der Waals surface area contributed by atoms with E-state index in [0.29, 0.717) is 18.2 Å². The molecule has 0 amide bonds. The number of carbonyl (C=O) groups is 2. The Bertz CT molecular complexity index is 584. The molecule has 0 radical (unpaired) electrons. The molecule has 1 aliphatic heterocycles. The molecule has 0 saturated carbocycles. The average Bonchev–Trinajstić information content (AvgIpc) is 3.26. The van der Waals surface area contributed by atoms with E-state index in [-0.39, 0.29) is 12.1 Å². The number of ether oxygens (including phenoxy) is 2. The summed E-state index contributed by atoms with van der Waals surface area (Å²) in [4.78, 5) is 26.2. The molecular weight excluding hydrogens is 486 g/mol. The molecule has 2 atom stereocenters. The molecular formula is C34H65NO4. The van der Waals surface area contributed by atoms with Crippen molar-refractivity contribution < 1.29 is 19.1 Å². The van der Waals surface area contributed by atoms with Crippen LogP contribution in [0.4, 0.5) is 0 Å². The molecule has 1 rings (SSSR count). The normalized spacial score (nSPS) is 17.8. The zero-order valence-electron chi connectivity index (χ0n) is 26.5. The Morgan fingerprint density at radius 2 is 1.36 bits per heavy atom. The SMILES string of the molecule is CCCCCCC(CCCCCC)OC(=O)CCCCCCCOC[C@@H]1CC(C)CN1CCCCCC(C)=O. The Hall–Kier alpha value is -0.940. The van der Waals surface area contributed by atoms with Gasteiger partial charge in [0.2, 0.25) is 0 Å². The molecule has 1 aliphatic rings. The van der Waals surface area contributed by atoms with E-state index in [1.54, 1.807) is 6.92 Å². The van der Waals surface area contributed by atoms with E-state index in [2.05, 4.69) is 25.7 Å². The fraction of sp³-hybridized carbons (Fsp3) is 0.941. The van der Waals surface area contributed by atoms with Gasteiger partial charge in [-0.1, -0.05) is 85.0 Å². The molecule has 230 valence electrons. The summed E-state index contributed by atoms with van der Waals surface area (Å²) in [6, 6.07) is 0.556. The van der Waals surface area contributed by atoms with Crippen LogP contribution in [0, 0.1) is 5.92 Å². The molecule has 1 fully saturated rings. The summed E-state index contributed by atoms with van der Waals surface area (Å²) in [5, 5.41) is 0. The van der Waals surface area contributed by atoms with Gasteiger partial charge in [-0.25, -0.2) is 0 Å². The summed E-state index contributed by atoms with van der Waals surface area (Å²) in [6.07, 6.45) is 23.5. The highest BCUT2D eigenvalue weighted by Crippen LogP contribution is 2.24. The molecule has 1 saturated heterocycles. The van der Waals surface area contributed by atoms with E-state index in [4.69, 9.17) is 9.47 Å². The van der Waals surface area contributed by atoms with Gasteiger partial charge in [-0.05, 0) is 77.2 Å². The highest BCUT2D eigenvalue weighted by Gasteiger charge is 2.29. The van der Waals surface area contributed by atoms with E-state index in [9.17, 15) is 9.59 Å². The third-order valence-corrected chi connectivity index (χ3v) is 8.25. The Labute approximate surface area is 242 Å². The van der Waals surface area contributed by atoms with Crippen LogP contribution in [0.1, 0.15) is 163 Å². The lowest BCUT2D eigenvalue weighted by molar-refractivity contribution is -0.150. The highest BCUT2D eigenvalue weighted by molar-refractivity contribution is 5.75. The van der Waals surface area contributed by atoms with Crippen molar-refractivity contribution in [2.75, 3.05) is 26.3 Å².